The van der Waals surface area contributed by atoms with Gasteiger partial charge in [-0.1, -0.05) is 12.1 Å². The van der Waals surface area contributed by atoms with Crippen LogP contribution in [0.3, 0.4) is 0 Å². The predicted molar refractivity (Wildman–Crippen MR) is 133 cm³/mol. The van der Waals surface area contributed by atoms with E-state index in [1.165, 1.54) is 0 Å². The summed E-state index contributed by atoms with van der Waals surface area (Å²) >= 11 is 0. The Bertz CT molecular complexity index is 1130. The van der Waals surface area contributed by atoms with Crippen molar-refractivity contribution in [2.24, 2.45) is 0 Å². The van der Waals surface area contributed by atoms with Crippen LogP contribution in [0.2, 0.25) is 0 Å². The number of carbonyl (C=O) groups excluding carboxylic acids is 2. The van der Waals surface area contributed by atoms with Crippen molar-refractivity contribution >= 4 is 23.2 Å². The fourth-order valence-electron chi connectivity index (χ4n) is 4.06. The van der Waals surface area contributed by atoms with Crippen molar-refractivity contribution in [2.75, 3.05) is 50.6 Å². The molecule has 4 rings (SSSR count). The zero-order valence-electron chi connectivity index (χ0n) is 19.5. The van der Waals surface area contributed by atoms with Crippen LogP contribution in [0.25, 0.3) is 0 Å². The average Bonchev–Trinajstić information content (AvgIpc) is 3.15. The average molecular weight is 460 g/mol. The van der Waals surface area contributed by atoms with Gasteiger partial charge in [-0.2, -0.15) is 0 Å². The van der Waals surface area contributed by atoms with Crippen molar-refractivity contribution < 1.29 is 19.1 Å². The van der Waals surface area contributed by atoms with Gasteiger partial charge in [-0.15, -0.1) is 0 Å². The van der Waals surface area contributed by atoms with E-state index in [0.29, 0.717) is 35.7 Å². The second-order valence-electron chi connectivity index (χ2n) is 8.06. The molecule has 1 saturated heterocycles. The summed E-state index contributed by atoms with van der Waals surface area (Å²) in [6, 6.07) is 22.0. The molecule has 1 N–H and O–H groups in total. The number of hydrogen-bond donors (Lipinski definition) is 1. The van der Waals surface area contributed by atoms with Gasteiger partial charge in [0.2, 0.25) is 0 Å². The van der Waals surface area contributed by atoms with E-state index in [2.05, 4.69) is 10.2 Å². The number of amides is 2. The molecular weight excluding hydrogens is 430 g/mol. The van der Waals surface area contributed by atoms with Crippen molar-refractivity contribution in [3.8, 4) is 11.5 Å². The largest absolute Gasteiger partial charge is 0.497 e. The second-order valence-corrected chi connectivity index (χ2v) is 8.06. The molecule has 176 valence electrons. The van der Waals surface area contributed by atoms with E-state index in [4.69, 9.17) is 9.47 Å². The molecule has 0 spiro atoms. The summed E-state index contributed by atoms with van der Waals surface area (Å²) in [4.78, 5) is 30.3. The fraction of sp³-hybridized carbons (Fsp3) is 0.259. The molecule has 1 aliphatic heterocycles. The van der Waals surface area contributed by atoms with Crippen molar-refractivity contribution in [2.45, 2.75) is 6.42 Å². The highest BCUT2D eigenvalue weighted by atomic mass is 16.5. The van der Waals surface area contributed by atoms with Gasteiger partial charge in [-0.05, 0) is 67.1 Å². The lowest BCUT2D eigenvalue weighted by atomic mass is 10.1. The molecule has 3 aromatic rings. The van der Waals surface area contributed by atoms with E-state index in [-0.39, 0.29) is 11.8 Å². The first-order valence-electron chi connectivity index (χ1n) is 11.3. The molecule has 3 aromatic carbocycles. The zero-order chi connectivity index (χ0) is 23.9. The molecule has 0 radical (unpaired) electrons. The molecule has 0 aliphatic carbocycles. The molecule has 1 heterocycles. The summed E-state index contributed by atoms with van der Waals surface area (Å²) in [7, 11) is 3.23. The molecule has 34 heavy (non-hydrogen) atoms. The van der Waals surface area contributed by atoms with E-state index in [1.807, 2.05) is 41.3 Å². The maximum absolute atomic E-state index is 13.4. The van der Waals surface area contributed by atoms with Gasteiger partial charge >= 0.3 is 0 Å². The Balaban J connectivity index is 1.45. The molecule has 2 amide bonds. The number of hydrogen-bond acceptors (Lipinski definition) is 5. The van der Waals surface area contributed by atoms with Crippen LogP contribution in [0.1, 0.15) is 27.1 Å². The van der Waals surface area contributed by atoms with Gasteiger partial charge in [0.1, 0.15) is 11.5 Å². The molecule has 7 nitrogen and oxygen atoms in total. The van der Waals surface area contributed by atoms with E-state index >= 15 is 0 Å². The van der Waals surface area contributed by atoms with Gasteiger partial charge in [-0.25, -0.2) is 0 Å². The zero-order valence-corrected chi connectivity index (χ0v) is 19.5. The van der Waals surface area contributed by atoms with Gasteiger partial charge in [0, 0.05) is 37.4 Å². The molecule has 7 heteroatoms. The van der Waals surface area contributed by atoms with E-state index in [0.717, 1.165) is 30.9 Å². The van der Waals surface area contributed by atoms with Crippen LogP contribution in [-0.2, 0) is 0 Å². The number of nitrogens with zero attached hydrogens (tertiary/aromatic N) is 2. The minimum atomic E-state index is -0.274. The highest BCUT2D eigenvalue weighted by Crippen LogP contribution is 2.23. The lowest BCUT2D eigenvalue weighted by Gasteiger charge is -2.24. The lowest BCUT2D eigenvalue weighted by Crippen LogP contribution is -2.35. The monoisotopic (exact) mass is 459 g/mol. The summed E-state index contributed by atoms with van der Waals surface area (Å²) in [5.74, 6) is 1.15. The number of methoxy groups -OCH3 is 2. The molecule has 0 saturated carbocycles. The van der Waals surface area contributed by atoms with Gasteiger partial charge < -0.3 is 24.6 Å². The summed E-state index contributed by atoms with van der Waals surface area (Å²) in [6.07, 6.45) is 0.859. The Morgan fingerprint density at radius 3 is 2.09 bits per heavy atom. The van der Waals surface area contributed by atoms with E-state index in [9.17, 15) is 9.59 Å². The number of benzene rings is 3. The summed E-state index contributed by atoms with van der Waals surface area (Å²) in [6.45, 7) is 2.86. The first-order chi connectivity index (χ1) is 16.6. The number of ether oxygens (including phenoxy) is 2. The number of rotatable bonds is 6. The molecule has 0 atom stereocenters. The normalized spacial score (nSPS) is 13.7. The van der Waals surface area contributed by atoms with Gasteiger partial charge in [0.15, 0.2) is 0 Å². The molecule has 1 fully saturated rings. The molecule has 1 aliphatic rings. The van der Waals surface area contributed by atoms with Crippen LogP contribution in [0, 0.1) is 0 Å². The minimum Gasteiger partial charge on any atom is -0.497 e. The molecule has 0 aromatic heterocycles. The predicted octanol–water partition coefficient (Wildman–Crippen LogP) is 4.31. The van der Waals surface area contributed by atoms with Crippen molar-refractivity contribution in [3.63, 3.8) is 0 Å². The van der Waals surface area contributed by atoms with Crippen LogP contribution in [-0.4, -0.2) is 57.1 Å². The summed E-state index contributed by atoms with van der Waals surface area (Å²) in [5, 5.41) is 2.90. The van der Waals surface area contributed by atoms with Gasteiger partial charge in [-0.3, -0.25) is 9.59 Å². The van der Waals surface area contributed by atoms with Crippen LogP contribution in [0.5, 0.6) is 11.5 Å². The fourth-order valence-corrected chi connectivity index (χ4v) is 4.06. The van der Waals surface area contributed by atoms with Crippen molar-refractivity contribution in [3.05, 3.63) is 83.9 Å². The van der Waals surface area contributed by atoms with E-state index < -0.39 is 0 Å². The third-order valence-corrected chi connectivity index (χ3v) is 5.98. The Hall–Kier alpha value is -4.00. The Morgan fingerprint density at radius 1 is 0.765 bits per heavy atom. The molecule has 0 unspecified atom stereocenters. The Kier molecular flexibility index (Phi) is 7.32. The quantitative estimate of drug-likeness (QED) is 0.595. The van der Waals surface area contributed by atoms with Crippen molar-refractivity contribution in [1.82, 2.24) is 4.90 Å². The first kappa shape index (κ1) is 23.2. The molecule has 0 bridgehead atoms. The lowest BCUT2D eigenvalue weighted by molar-refractivity contribution is 0.0768. The Labute approximate surface area is 199 Å². The second kappa shape index (κ2) is 10.7. The summed E-state index contributed by atoms with van der Waals surface area (Å²) in [5.41, 5.74) is 2.60. The highest BCUT2D eigenvalue weighted by molar-refractivity contribution is 6.09. The summed E-state index contributed by atoms with van der Waals surface area (Å²) < 4.78 is 10.4. The smallest absolute Gasteiger partial charge is 0.256 e. The number of carbonyl (C=O) groups is 2. The van der Waals surface area contributed by atoms with Crippen molar-refractivity contribution in [1.29, 1.82) is 0 Å². The number of nitrogens with one attached hydrogen (secondary N) is 1. The molecular formula is C27H29N3O4. The third kappa shape index (κ3) is 5.31. The number of para-hydroxylation sites is 1. The van der Waals surface area contributed by atoms with Crippen LogP contribution >= 0.6 is 0 Å². The van der Waals surface area contributed by atoms with E-state index in [1.54, 1.807) is 50.6 Å². The van der Waals surface area contributed by atoms with Crippen LogP contribution in [0.15, 0.2) is 72.8 Å². The van der Waals surface area contributed by atoms with Gasteiger partial charge in [0.25, 0.3) is 11.8 Å². The van der Waals surface area contributed by atoms with Crippen LogP contribution in [0.4, 0.5) is 11.4 Å². The first-order valence-corrected chi connectivity index (χ1v) is 11.3. The maximum atomic E-state index is 13.4. The third-order valence-electron chi connectivity index (χ3n) is 5.98. The Morgan fingerprint density at radius 2 is 1.41 bits per heavy atom. The maximum Gasteiger partial charge on any atom is 0.256 e. The number of anilines is 2. The van der Waals surface area contributed by atoms with Gasteiger partial charge in [0.05, 0.1) is 25.5 Å². The van der Waals surface area contributed by atoms with Crippen LogP contribution < -0.4 is 19.7 Å². The standard InChI is InChI=1S/C27H29N3O4/c1-33-22-12-8-20(9-13-22)26(31)28-25-7-4-3-6-24(25)27(32)30-17-5-16-29(18-19-30)21-10-14-23(34-2)15-11-21/h3-4,6-15H,5,16-19H2,1-2H3,(H,28,31). The topological polar surface area (TPSA) is 71.1 Å². The highest BCUT2D eigenvalue weighted by Gasteiger charge is 2.23. The SMILES string of the molecule is COc1ccc(C(=O)Nc2ccccc2C(=O)N2CCCN(c3ccc(OC)cc3)CC2)cc1. The minimum absolute atomic E-state index is 0.0813.